The Labute approximate surface area is 193 Å². The van der Waals surface area contributed by atoms with E-state index >= 15 is 0 Å². The van der Waals surface area contributed by atoms with Crippen LogP contribution < -0.4 is 15.5 Å². The molecule has 1 aliphatic heterocycles. The average Bonchev–Trinajstić information content (AvgIpc) is 3.12. The predicted molar refractivity (Wildman–Crippen MR) is 130 cm³/mol. The quantitative estimate of drug-likeness (QED) is 0.326. The molecule has 2 aromatic rings. The number of rotatable bonds is 7. The van der Waals surface area contributed by atoms with E-state index < -0.39 is 0 Å². The van der Waals surface area contributed by atoms with Crippen LogP contribution in [0.4, 0.5) is 10.1 Å². The molecule has 0 radical (unpaired) electrons. The van der Waals surface area contributed by atoms with Crippen molar-refractivity contribution in [1.82, 2.24) is 20.5 Å². The van der Waals surface area contributed by atoms with Gasteiger partial charge in [-0.15, -0.1) is 35.3 Å². The van der Waals surface area contributed by atoms with Crippen LogP contribution in [0.2, 0.25) is 0 Å². The standard InChI is InChI=1S/C20H29FN6S.HI/c1-3-22-20(25-15-19-24-14-16(2)28-19)23-8-9-26-10-12-27(13-11-26)18-6-4-17(21)5-7-18;/h4-7,14H,3,8-13,15H2,1-2H3,(H2,22,23,25);1H. The third kappa shape index (κ3) is 7.71. The van der Waals surface area contributed by atoms with Gasteiger partial charge in [0.25, 0.3) is 0 Å². The van der Waals surface area contributed by atoms with Gasteiger partial charge in [-0.05, 0) is 38.1 Å². The molecule has 1 saturated heterocycles. The lowest BCUT2D eigenvalue weighted by Crippen LogP contribution is -2.49. The van der Waals surface area contributed by atoms with Crippen LogP contribution in [0.25, 0.3) is 0 Å². The van der Waals surface area contributed by atoms with Gasteiger partial charge in [0.2, 0.25) is 0 Å². The number of hydrogen-bond acceptors (Lipinski definition) is 5. The van der Waals surface area contributed by atoms with E-state index in [0.29, 0.717) is 6.54 Å². The Morgan fingerprint density at radius 1 is 1.17 bits per heavy atom. The molecule has 0 aliphatic carbocycles. The Morgan fingerprint density at radius 2 is 1.90 bits per heavy atom. The van der Waals surface area contributed by atoms with Crippen molar-refractivity contribution in [3.63, 3.8) is 0 Å². The number of aromatic nitrogens is 1. The maximum Gasteiger partial charge on any atom is 0.191 e. The number of halogens is 2. The zero-order valence-corrected chi connectivity index (χ0v) is 20.2. The smallest absolute Gasteiger partial charge is 0.191 e. The number of benzene rings is 1. The Bertz CT molecular complexity index is 759. The van der Waals surface area contributed by atoms with Gasteiger partial charge < -0.3 is 15.5 Å². The van der Waals surface area contributed by atoms with Crippen molar-refractivity contribution in [3.05, 3.63) is 46.2 Å². The van der Waals surface area contributed by atoms with Crippen LogP contribution in [0.15, 0.2) is 35.5 Å². The molecule has 0 unspecified atom stereocenters. The molecule has 2 heterocycles. The van der Waals surface area contributed by atoms with E-state index in [1.165, 1.54) is 17.0 Å². The van der Waals surface area contributed by atoms with Crippen LogP contribution in [-0.2, 0) is 6.54 Å². The Kier molecular flexibility index (Phi) is 10.1. The summed E-state index contributed by atoms with van der Waals surface area (Å²) in [5.41, 5.74) is 1.10. The van der Waals surface area contributed by atoms with Gasteiger partial charge in [0.1, 0.15) is 10.8 Å². The van der Waals surface area contributed by atoms with E-state index in [0.717, 1.165) is 62.5 Å². The van der Waals surface area contributed by atoms with Gasteiger partial charge in [-0.1, -0.05) is 0 Å². The number of anilines is 1. The minimum atomic E-state index is -0.184. The van der Waals surface area contributed by atoms with E-state index in [1.807, 2.05) is 18.3 Å². The van der Waals surface area contributed by atoms with E-state index in [-0.39, 0.29) is 29.8 Å². The van der Waals surface area contributed by atoms with E-state index in [9.17, 15) is 4.39 Å². The molecular formula is C20H30FIN6S. The molecule has 1 aromatic carbocycles. The monoisotopic (exact) mass is 532 g/mol. The first-order chi connectivity index (χ1) is 13.6. The lowest BCUT2D eigenvalue weighted by Gasteiger charge is -2.36. The van der Waals surface area contributed by atoms with Crippen LogP contribution in [0.1, 0.15) is 16.8 Å². The lowest BCUT2D eigenvalue weighted by atomic mass is 10.2. The third-order valence-corrected chi connectivity index (χ3v) is 5.57. The van der Waals surface area contributed by atoms with Crippen molar-refractivity contribution in [2.45, 2.75) is 20.4 Å². The molecule has 0 bridgehead atoms. The highest BCUT2D eigenvalue weighted by atomic mass is 127. The second-order valence-corrected chi connectivity index (χ2v) is 8.11. The topological polar surface area (TPSA) is 55.8 Å². The number of hydrogen-bond donors (Lipinski definition) is 2. The minimum absolute atomic E-state index is 0. The second kappa shape index (κ2) is 12.3. The van der Waals surface area contributed by atoms with Crippen LogP contribution in [0.3, 0.4) is 0 Å². The first-order valence-corrected chi connectivity index (χ1v) is 10.6. The van der Waals surface area contributed by atoms with E-state index in [4.69, 9.17) is 0 Å². The molecule has 1 aliphatic rings. The fourth-order valence-corrected chi connectivity index (χ4v) is 3.89. The Balaban J connectivity index is 0.00000300. The maximum atomic E-state index is 13.1. The van der Waals surface area contributed by atoms with Crippen molar-refractivity contribution >= 4 is 47.0 Å². The van der Waals surface area contributed by atoms with Gasteiger partial charge in [0.05, 0.1) is 6.54 Å². The molecule has 160 valence electrons. The number of aliphatic imine (C=N–C) groups is 1. The van der Waals surface area contributed by atoms with Crippen LogP contribution >= 0.6 is 35.3 Å². The van der Waals surface area contributed by atoms with Crippen LogP contribution in [-0.4, -0.2) is 61.7 Å². The number of piperazine rings is 1. The highest BCUT2D eigenvalue weighted by molar-refractivity contribution is 14.0. The second-order valence-electron chi connectivity index (χ2n) is 6.79. The molecule has 0 atom stereocenters. The maximum absolute atomic E-state index is 13.1. The molecule has 1 aromatic heterocycles. The van der Waals surface area contributed by atoms with Gasteiger partial charge in [-0.3, -0.25) is 4.90 Å². The first-order valence-electron chi connectivity index (χ1n) is 9.80. The van der Waals surface area contributed by atoms with E-state index in [1.54, 1.807) is 11.3 Å². The summed E-state index contributed by atoms with van der Waals surface area (Å²) < 4.78 is 13.1. The fourth-order valence-electron chi connectivity index (χ4n) is 3.18. The lowest BCUT2D eigenvalue weighted by molar-refractivity contribution is 0.261. The van der Waals surface area contributed by atoms with E-state index in [2.05, 4.69) is 44.3 Å². The molecule has 0 saturated carbocycles. The first kappa shape index (κ1) is 23.8. The fraction of sp³-hybridized carbons (Fsp3) is 0.500. The van der Waals surface area contributed by atoms with Gasteiger partial charge in [0.15, 0.2) is 5.96 Å². The zero-order chi connectivity index (χ0) is 19.8. The van der Waals surface area contributed by atoms with Gasteiger partial charge in [-0.25, -0.2) is 14.4 Å². The summed E-state index contributed by atoms with van der Waals surface area (Å²) in [6.45, 7) is 11.3. The van der Waals surface area contributed by atoms with Crippen molar-refractivity contribution in [3.8, 4) is 0 Å². The molecule has 2 N–H and O–H groups in total. The van der Waals surface area contributed by atoms with Crippen molar-refractivity contribution < 1.29 is 4.39 Å². The molecule has 1 fully saturated rings. The van der Waals surface area contributed by atoms with Crippen molar-refractivity contribution in [1.29, 1.82) is 0 Å². The molecule has 6 nitrogen and oxygen atoms in total. The summed E-state index contributed by atoms with van der Waals surface area (Å²) in [6.07, 6.45) is 1.89. The zero-order valence-electron chi connectivity index (χ0n) is 17.0. The SMILES string of the molecule is CCNC(=NCc1ncc(C)s1)NCCN1CCN(c2ccc(F)cc2)CC1.I. The van der Waals surface area contributed by atoms with Crippen molar-refractivity contribution in [2.24, 2.45) is 4.99 Å². The highest BCUT2D eigenvalue weighted by Crippen LogP contribution is 2.16. The summed E-state index contributed by atoms with van der Waals surface area (Å²) in [7, 11) is 0. The molecule has 9 heteroatoms. The summed E-state index contributed by atoms with van der Waals surface area (Å²) in [5.74, 6) is 0.650. The summed E-state index contributed by atoms with van der Waals surface area (Å²) in [4.78, 5) is 15.0. The van der Waals surface area contributed by atoms with Gasteiger partial charge in [-0.2, -0.15) is 0 Å². The Morgan fingerprint density at radius 3 is 2.52 bits per heavy atom. The molecule has 3 rings (SSSR count). The number of nitrogens with zero attached hydrogens (tertiary/aromatic N) is 4. The summed E-state index contributed by atoms with van der Waals surface area (Å²) in [5, 5.41) is 7.74. The number of guanidine groups is 1. The molecular weight excluding hydrogens is 502 g/mol. The molecule has 0 spiro atoms. The van der Waals surface area contributed by atoms with Crippen LogP contribution in [0.5, 0.6) is 0 Å². The molecule has 0 amide bonds. The number of aryl methyl sites for hydroxylation is 1. The minimum Gasteiger partial charge on any atom is -0.369 e. The molecule has 29 heavy (non-hydrogen) atoms. The summed E-state index contributed by atoms with van der Waals surface area (Å²) in [6, 6.07) is 6.77. The number of nitrogens with one attached hydrogen (secondary N) is 2. The summed E-state index contributed by atoms with van der Waals surface area (Å²) >= 11 is 1.69. The highest BCUT2D eigenvalue weighted by Gasteiger charge is 2.16. The normalized spacial score (nSPS) is 15.1. The third-order valence-electron chi connectivity index (χ3n) is 4.67. The number of thiazole rings is 1. The van der Waals surface area contributed by atoms with Crippen molar-refractivity contribution in [2.75, 3.05) is 50.7 Å². The Hall–Kier alpha value is -1.46. The van der Waals surface area contributed by atoms with Gasteiger partial charge >= 0.3 is 0 Å². The predicted octanol–water partition coefficient (Wildman–Crippen LogP) is 3.09. The average molecular weight is 532 g/mol. The van der Waals surface area contributed by atoms with Crippen LogP contribution in [0, 0.1) is 12.7 Å². The largest absolute Gasteiger partial charge is 0.369 e. The van der Waals surface area contributed by atoms with Gasteiger partial charge in [0, 0.05) is 62.6 Å².